The molecule has 0 saturated heterocycles. The van der Waals surface area contributed by atoms with Gasteiger partial charge in [-0.05, 0) is 30.4 Å². The molecule has 1 aromatic carbocycles. The van der Waals surface area contributed by atoms with Crippen LogP contribution in [0.4, 0.5) is 5.69 Å². The summed E-state index contributed by atoms with van der Waals surface area (Å²) in [5.74, 6) is 0.948. The van der Waals surface area contributed by atoms with Crippen molar-refractivity contribution in [2.24, 2.45) is 0 Å². The van der Waals surface area contributed by atoms with Crippen LogP contribution in [-0.2, 0) is 9.84 Å². The van der Waals surface area contributed by atoms with Crippen LogP contribution >= 0.6 is 23.4 Å². The molecule has 0 heterocycles. The van der Waals surface area contributed by atoms with Crippen molar-refractivity contribution >= 4 is 38.9 Å². The van der Waals surface area contributed by atoms with Gasteiger partial charge in [0.25, 0.3) is 0 Å². The zero-order chi connectivity index (χ0) is 12.2. The normalized spacial score (nSPS) is 11.6. The highest BCUT2D eigenvalue weighted by molar-refractivity contribution is 7.99. The van der Waals surface area contributed by atoms with Crippen LogP contribution in [-0.4, -0.2) is 26.2 Å². The molecular formula is C10H14ClNO2S2. The number of hydrogen-bond donors (Lipinski definition) is 1. The Morgan fingerprint density at radius 3 is 2.69 bits per heavy atom. The number of anilines is 1. The second-order valence-electron chi connectivity index (χ2n) is 3.52. The molecule has 1 aromatic rings. The van der Waals surface area contributed by atoms with Gasteiger partial charge < -0.3 is 5.73 Å². The van der Waals surface area contributed by atoms with E-state index >= 15 is 0 Å². The fourth-order valence-corrected chi connectivity index (χ4v) is 3.21. The first-order valence-corrected chi connectivity index (χ1v) is 8.16. The monoisotopic (exact) mass is 279 g/mol. The van der Waals surface area contributed by atoms with Crippen molar-refractivity contribution < 1.29 is 8.42 Å². The lowest BCUT2D eigenvalue weighted by Gasteiger charge is -2.04. The summed E-state index contributed by atoms with van der Waals surface area (Å²) < 4.78 is 21.8. The first-order chi connectivity index (χ1) is 7.38. The number of hydrogen-bond acceptors (Lipinski definition) is 4. The van der Waals surface area contributed by atoms with E-state index in [2.05, 4.69) is 0 Å². The molecule has 0 atom stereocenters. The summed E-state index contributed by atoms with van der Waals surface area (Å²) in [4.78, 5) is 0.935. The summed E-state index contributed by atoms with van der Waals surface area (Å²) in [7, 11) is -2.86. The topological polar surface area (TPSA) is 60.2 Å². The average molecular weight is 280 g/mol. The molecule has 3 nitrogen and oxygen atoms in total. The van der Waals surface area contributed by atoms with Gasteiger partial charge in [-0.25, -0.2) is 8.42 Å². The predicted octanol–water partition coefficient (Wildman–Crippen LogP) is 2.45. The molecule has 90 valence electrons. The number of sulfone groups is 1. The van der Waals surface area contributed by atoms with E-state index in [1.807, 2.05) is 6.07 Å². The first-order valence-electron chi connectivity index (χ1n) is 4.74. The molecule has 0 fully saturated rings. The maximum atomic E-state index is 10.9. The highest BCUT2D eigenvalue weighted by atomic mass is 35.5. The third-order valence-corrected chi connectivity index (χ3v) is 4.49. The van der Waals surface area contributed by atoms with E-state index < -0.39 is 9.84 Å². The Hall–Kier alpha value is -0.390. The van der Waals surface area contributed by atoms with Crippen LogP contribution in [0.2, 0.25) is 5.02 Å². The molecule has 0 aliphatic rings. The molecule has 0 radical (unpaired) electrons. The lowest BCUT2D eigenvalue weighted by Crippen LogP contribution is -2.03. The SMILES string of the molecule is CS(=O)(=O)CCCSc1ccc(N)cc1Cl. The largest absolute Gasteiger partial charge is 0.399 e. The Morgan fingerprint density at radius 2 is 2.12 bits per heavy atom. The summed E-state index contributed by atoms with van der Waals surface area (Å²) in [5, 5.41) is 0.615. The van der Waals surface area contributed by atoms with Crippen LogP contribution in [0.1, 0.15) is 6.42 Å². The zero-order valence-electron chi connectivity index (χ0n) is 8.94. The Bertz CT molecular complexity index is 460. The van der Waals surface area contributed by atoms with Crippen molar-refractivity contribution in [1.29, 1.82) is 0 Å². The first kappa shape index (κ1) is 13.7. The highest BCUT2D eigenvalue weighted by Gasteiger charge is 2.04. The van der Waals surface area contributed by atoms with E-state index in [1.54, 1.807) is 23.9 Å². The quantitative estimate of drug-likeness (QED) is 0.511. The van der Waals surface area contributed by atoms with E-state index in [0.29, 0.717) is 17.1 Å². The van der Waals surface area contributed by atoms with E-state index in [1.165, 1.54) is 6.26 Å². The van der Waals surface area contributed by atoms with E-state index in [0.717, 1.165) is 10.6 Å². The van der Waals surface area contributed by atoms with Crippen LogP contribution < -0.4 is 5.73 Å². The number of nitrogens with two attached hydrogens (primary N) is 1. The molecular weight excluding hydrogens is 266 g/mol. The van der Waals surface area contributed by atoms with Gasteiger partial charge >= 0.3 is 0 Å². The smallest absolute Gasteiger partial charge is 0.147 e. The third-order valence-electron chi connectivity index (χ3n) is 1.87. The second-order valence-corrected chi connectivity index (χ2v) is 7.33. The fraction of sp³-hybridized carbons (Fsp3) is 0.400. The van der Waals surface area contributed by atoms with Crippen LogP contribution in [0.25, 0.3) is 0 Å². The predicted molar refractivity (Wildman–Crippen MR) is 70.9 cm³/mol. The molecule has 16 heavy (non-hydrogen) atoms. The highest BCUT2D eigenvalue weighted by Crippen LogP contribution is 2.29. The van der Waals surface area contributed by atoms with Gasteiger partial charge in [-0.2, -0.15) is 0 Å². The van der Waals surface area contributed by atoms with Gasteiger partial charge in [0.2, 0.25) is 0 Å². The van der Waals surface area contributed by atoms with Crippen molar-refractivity contribution in [2.45, 2.75) is 11.3 Å². The number of thioether (sulfide) groups is 1. The summed E-state index contributed by atoms with van der Waals surface area (Å²) in [6.45, 7) is 0. The van der Waals surface area contributed by atoms with Crippen LogP contribution in [0.5, 0.6) is 0 Å². The molecule has 6 heteroatoms. The number of rotatable bonds is 5. The Labute approximate surface area is 105 Å². The van der Waals surface area contributed by atoms with Gasteiger partial charge in [0.05, 0.1) is 10.8 Å². The summed E-state index contributed by atoms with van der Waals surface area (Å²) in [6, 6.07) is 5.33. The molecule has 1 rings (SSSR count). The van der Waals surface area contributed by atoms with Crippen LogP contribution in [0.3, 0.4) is 0 Å². The van der Waals surface area contributed by atoms with Crippen molar-refractivity contribution in [3.63, 3.8) is 0 Å². The molecule has 0 aromatic heterocycles. The van der Waals surface area contributed by atoms with Gasteiger partial charge in [0, 0.05) is 16.8 Å². The molecule has 0 spiro atoms. The minimum atomic E-state index is -2.86. The van der Waals surface area contributed by atoms with Crippen molar-refractivity contribution in [3.05, 3.63) is 23.2 Å². The Morgan fingerprint density at radius 1 is 1.44 bits per heavy atom. The lowest BCUT2D eigenvalue weighted by molar-refractivity contribution is 0.600. The Balaban J connectivity index is 2.43. The summed E-state index contributed by atoms with van der Waals surface area (Å²) >= 11 is 7.52. The maximum Gasteiger partial charge on any atom is 0.147 e. The van der Waals surface area contributed by atoms with Crippen LogP contribution in [0.15, 0.2) is 23.1 Å². The molecule has 0 aliphatic heterocycles. The van der Waals surface area contributed by atoms with E-state index in [9.17, 15) is 8.42 Å². The average Bonchev–Trinajstić information content (AvgIpc) is 2.13. The molecule has 0 bridgehead atoms. The van der Waals surface area contributed by atoms with Gasteiger partial charge in [0.15, 0.2) is 0 Å². The third kappa shape index (κ3) is 5.09. The van der Waals surface area contributed by atoms with Gasteiger partial charge in [0.1, 0.15) is 9.84 Å². The van der Waals surface area contributed by atoms with Gasteiger partial charge in [-0.15, -0.1) is 11.8 Å². The van der Waals surface area contributed by atoms with Crippen molar-refractivity contribution in [2.75, 3.05) is 23.5 Å². The molecule has 0 unspecified atom stereocenters. The second kappa shape index (κ2) is 5.80. The number of nitrogen functional groups attached to an aromatic ring is 1. The van der Waals surface area contributed by atoms with Crippen molar-refractivity contribution in [3.8, 4) is 0 Å². The number of benzene rings is 1. The molecule has 0 saturated carbocycles. The van der Waals surface area contributed by atoms with Gasteiger partial charge in [-0.1, -0.05) is 11.6 Å². The zero-order valence-corrected chi connectivity index (χ0v) is 11.3. The molecule has 2 N–H and O–H groups in total. The van der Waals surface area contributed by atoms with Gasteiger partial charge in [-0.3, -0.25) is 0 Å². The maximum absolute atomic E-state index is 10.9. The van der Waals surface area contributed by atoms with E-state index in [-0.39, 0.29) is 5.75 Å². The number of halogens is 1. The minimum Gasteiger partial charge on any atom is -0.399 e. The summed E-state index contributed by atoms with van der Waals surface area (Å²) in [6.07, 6.45) is 1.87. The molecule has 0 aliphatic carbocycles. The standard InChI is InChI=1S/C10H14ClNO2S2/c1-16(13,14)6-2-5-15-10-4-3-8(12)7-9(10)11/h3-4,7H,2,5-6,12H2,1H3. The van der Waals surface area contributed by atoms with Crippen molar-refractivity contribution in [1.82, 2.24) is 0 Å². The summed E-state index contributed by atoms with van der Waals surface area (Å²) in [5.41, 5.74) is 6.20. The lowest BCUT2D eigenvalue weighted by atomic mass is 10.3. The molecule has 0 amide bonds. The van der Waals surface area contributed by atoms with E-state index in [4.69, 9.17) is 17.3 Å². The minimum absolute atomic E-state index is 0.215. The fourth-order valence-electron chi connectivity index (χ4n) is 1.14. The Kier molecular flexibility index (Phi) is 4.95. The van der Waals surface area contributed by atoms with Crippen LogP contribution in [0, 0.1) is 0 Å².